The lowest BCUT2D eigenvalue weighted by Crippen LogP contribution is -2.03. The number of nitrogens with one attached hydrogen (secondary N) is 1. The molecule has 0 saturated heterocycles. The van der Waals surface area contributed by atoms with Gasteiger partial charge in [0.2, 0.25) is 5.95 Å². The van der Waals surface area contributed by atoms with E-state index in [2.05, 4.69) is 81.3 Å². The van der Waals surface area contributed by atoms with Crippen LogP contribution >= 0.6 is 0 Å². The fourth-order valence-corrected chi connectivity index (χ4v) is 4.04. The van der Waals surface area contributed by atoms with Crippen molar-refractivity contribution in [1.82, 2.24) is 9.97 Å². The van der Waals surface area contributed by atoms with Gasteiger partial charge in [-0.05, 0) is 75.1 Å². The summed E-state index contributed by atoms with van der Waals surface area (Å²) in [6.07, 6.45) is 2.20. The first-order valence-electron chi connectivity index (χ1n) is 10.5. The van der Waals surface area contributed by atoms with Crippen LogP contribution in [0, 0.1) is 20.8 Å². The Morgan fingerprint density at radius 2 is 1.58 bits per heavy atom. The average molecular weight is 409 g/mol. The van der Waals surface area contributed by atoms with Crippen molar-refractivity contribution in [2.45, 2.75) is 34.6 Å². The molecule has 31 heavy (non-hydrogen) atoms. The summed E-state index contributed by atoms with van der Waals surface area (Å²) in [4.78, 5) is 9.36. The van der Waals surface area contributed by atoms with Crippen molar-refractivity contribution in [2.75, 3.05) is 11.1 Å². The number of hydrogen-bond donors (Lipinski definition) is 2. The zero-order valence-corrected chi connectivity index (χ0v) is 18.7. The number of nitrogens with zero attached hydrogens (tertiary/aromatic N) is 2. The first-order valence-corrected chi connectivity index (χ1v) is 10.5. The number of rotatable bonds is 4. The minimum atomic E-state index is 0.470. The molecule has 1 aromatic heterocycles. The molecule has 0 bridgehead atoms. The summed E-state index contributed by atoms with van der Waals surface area (Å²) in [5, 5.41) is 4.15. The number of benzene rings is 3. The van der Waals surface area contributed by atoms with Crippen molar-refractivity contribution >= 4 is 34.4 Å². The highest BCUT2D eigenvalue weighted by Crippen LogP contribution is 2.35. The molecule has 4 rings (SSSR count). The number of hydrogen-bond acceptors (Lipinski definition) is 4. The Labute approximate surface area is 183 Å². The molecule has 3 N–H and O–H groups in total. The normalized spacial score (nSPS) is 10.9. The molecule has 0 aliphatic heterocycles. The maximum atomic E-state index is 6.34. The van der Waals surface area contributed by atoms with Crippen molar-refractivity contribution < 1.29 is 0 Å². The molecule has 0 aliphatic rings. The molecule has 0 unspecified atom stereocenters. The SMILES string of the molecule is CC(C)=Cc1cc(C)c(-c2cccc3c(N)nc(Nc4ccc(C)cc4)nc23)c(C)c1. The highest BCUT2D eigenvalue weighted by molar-refractivity contribution is 6.00. The summed E-state index contributed by atoms with van der Waals surface area (Å²) in [6.45, 7) is 10.6. The minimum absolute atomic E-state index is 0.470. The van der Waals surface area contributed by atoms with E-state index >= 15 is 0 Å². The van der Waals surface area contributed by atoms with Gasteiger partial charge in [0.1, 0.15) is 5.82 Å². The fourth-order valence-electron chi connectivity index (χ4n) is 4.04. The van der Waals surface area contributed by atoms with E-state index in [9.17, 15) is 0 Å². The van der Waals surface area contributed by atoms with Crippen LogP contribution in [0.15, 0.2) is 60.2 Å². The summed E-state index contributed by atoms with van der Waals surface area (Å²) in [7, 11) is 0. The average Bonchev–Trinajstić information content (AvgIpc) is 2.69. The van der Waals surface area contributed by atoms with Gasteiger partial charge in [-0.3, -0.25) is 0 Å². The quantitative estimate of drug-likeness (QED) is 0.383. The summed E-state index contributed by atoms with van der Waals surface area (Å²) >= 11 is 0. The molecule has 1 heterocycles. The Morgan fingerprint density at radius 1 is 0.903 bits per heavy atom. The van der Waals surface area contributed by atoms with Crippen LogP contribution in [0.2, 0.25) is 0 Å². The Bertz CT molecular complexity index is 1270. The van der Waals surface area contributed by atoms with E-state index in [1.807, 2.05) is 24.3 Å². The molecule has 4 aromatic rings. The Morgan fingerprint density at radius 3 is 2.23 bits per heavy atom. The lowest BCUT2D eigenvalue weighted by molar-refractivity contribution is 1.22. The lowest BCUT2D eigenvalue weighted by atomic mass is 9.91. The predicted octanol–water partition coefficient (Wildman–Crippen LogP) is 6.97. The van der Waals surface area contributed by atoms with Gasteiger partial charge >= 0.3 is 0 Å². The van der Waals surface area contributed by atoms with Crippen LogP contribution in [0.25, 0.3) is 28.1 Å². The van der Waals surface area contributed by atoms with Gasteiger partial charge < -0.3 is 11.1 Å². The molecule has 0 radical (unpaired) electrons. The molecule has 0 amide bonds. The Hall–Kier alpha value is -3.66. The van der Waals surface area contributed by atoms with Gasteiger partial charge in [-0.1, -0.05) is 53.6 Å². The van der Waals surface area contributed by atoms with Crippen LogP contribution in [0.4, 0.5) is 17.5 Å². The second kappa shape index (κ2) is 8.23. The van der Waals surface area contributed by atoms with Gasteiger partial charge in [0.05, 0.1) is 5.52 Å². The Balaban J connectivity index is 1.86. The van der Waals surface area contributed by atoms with E-state index in [-0.39, 0.29) is 0 Å². The summed E-state index contributed by atoms with van der Waals surface area (Å²) in [5.41, 5.74) is 16.5. The first-order chi connectivity index (χ1) is 14.8. The number of anilines is 3. The fraction of sp³-hybridized carbons (Fsp3) is 0.185. The number of allylic oxidation sites excluding steroid dienone is 1. The van der Waals surface area contributed by atoms with E-state index in [1.54, 1.807) is 0 Å². The second-order valence-corrected chi connectivity index (χ2v) is 8.38. The molecule has 0 atom stereocenters. The minimum Gasteiger partial charge on any atom is -0.383 e. The molecular weight excluding hydrogens is 380 g/mol. The topological polar surface area (TPSA) is 63.8 Å². The summed E-state index contributed by atoms with van der Waals surface area (Å²) in [5.74, 6) is 0.968. The number of aromatic nitrogens is 2. The number of nitrogen functional groups attached to an aromatic ring is 1. The van der Waals surface area contributed by atoms with E-state index < -0.39 is 0 Å². The van der Waals surface area contributed by atoms with Gasteiger partial charge in [-0.15, -0.1) is 0 Å². The van der Waals surface area contributed by atoms with Crippen molar-refractivity contribution in [3.05, 3.63) is 82.4 Å². The van der Waals surface area contributed by atoms with Crippen LogP contribution in [-0.2, 0) is 0 Å². The highest BCUT2D eigenvalue weighted by Gasteiger charge is 2.14. The van der Waals surface area contributed by atoms with Crippen molar-refractivity contribution in [3.63, 3.8) is 0 Å². The first kappa shape index (κ1) is 20.6. The second-order valence-electron chi connectivity index (χ2n) is 8.38. The van der Waals surface area contributed by atoms with Gasteiger partial charge in [-0.2, -0.15) is 4.98 Å². The lowest BCUT2D eigenvalue weighted by Gasteiger charge is -2.15. The van der Waals surface area contributed by atoms with Crippen LogP contribution in [-0.4, -0.2) is 9.97 Å². The molecule has 0 saturated carbocycles. The van der Waals surface area contributed by atoms with Crippen LogP contribution in [0.1, 0.15) is 36.1 Å². The van der Waals surface area contributed by atoms with Crippen LogP contribution < -0.4 is 11.1 Å². The third-order valence-electron chi connectivity index (χ3n) is 5.34. The number of fused-ring (bicyclic) bond motifs is 1. The van der Waals surface area contributed by atoms with E-state index in [0.717, 1.165) is 22.2 Å². The molecule has 3 aromatic carbocycles. The Kier molecular flexibility index (Phi) is 5.47. The van der Waals surface area contributed by atoms with Crippen molar-refractivity contribution in [1.29, 1.82) is 0 Å². The van der Waals surface area contributed by atoms with Gasteiger partial charge in [0, 0.05) is 16.6 Å². The molecule has 0 spiro atoms. The number of nitrogens with two attached hydrogens (primary N) is 1. The smallest absolute Gasteiger partial charge is 0.229 e. The van der Waals surface area contributed by atoms with Crippen LogP contribution in [0.5, 0.6) is 0 Å². The monoisotopic (exact) mass is 408 g/mol. The molecule has 0 fully saturated rings. The third-order valence-corrected chi connectivity index (χ3v) is 5.34. The number of para-hydroxylation sites is 1. The number of aryl methyl sites for hydroxylation is 3. The molecular formula is C27H28N4. The molecule has 4 nitrogen and oxygen atoms in total. The van der Waals surface area contributed by atoms with E-state index in [4.69, 9.17) is 10.7 Å². The summed E-state index contributed by atoms with van der Waals surface area (Å²) < 4.78 is 0. The van der Waals surface area contributed by atoms with Gasteiger partial charge in [-0.25, -0.2) is 4.98 Å². The molecule has 156 valence electrons. The van der Waals surface area contributed by atoms with Crippen molar-refractivity contribution in [3.8, 4) is 11.1 Å². The maximum Gasteiger partial charge on any atom is 0.229 e. The maximum absolute atomic E-state index is 6.34. The zero-order chi connectivity index (χ0) is 22.1. The molecule has 4 heteroatoms. The highest BCUT2D eigenvalue weighted by atomic mass is 15.1. The summed E-state index contributed by atoms with van der Waals surface area (Å²) in [6, 6.07) is 18.7. The predicted molar refractivity (Wildman–Crippen MR) is 133 cm³/mol. The van der Waals surface area contributed by atoms with Gasteiger partial charge in [0.25, 0.3) is 0 Å². The third kappa shape index (κ3) is 4.29. The van der Waals surface area contributed by atoms with Crippen LogP contribution in [0.3, 0.4) is 0 Å². The van der Waals surface area contributed by atoms with Crippen molar-refractivity contribution in [2.24, 2.45) is 0 Å². The van der Waals surface area contributed by atoms with E-state index in [1.165, 1.54) is 33.4 Å². The van der Waals surface area contributed by atoms with Gasteiger partial charge in [0.15, 0.2) is 0 Å². The molecule has 0 aliphatic carbocycles. The zero-order valence-electron chi connectivity index (χ0n) is 18.7. The standard InChI is InChI=1S/C27H28N4/c1-16(2)13-20-14-18(4)24(19(5)15-20)22-7-6-8-23-25(22)30-27(31-26(23)28)29-21-11-9-17(3)10-12-21/h6-15H,1-5H3,(H3,28,29,30,31). The largest absolute Gasteiger partial charge is 0.383 e. The van der Waals surface area contributed by atoms with E-state index in [0.29, 0.717) is 11.8 Å².